The maximum absolute atomic E-state index is 12.2. The van der Waals surface area contributed by atoms with Crippen LogP contribution in [0.3, 0.4) is 0 Å². The van der Waals surface area contributed by atoms with Crippen LogP contribution in [0, 0.1) is 11.8 Å². The molecule has 0 aromatic rings. The van der Waals surface area contributed by atoms with Crippen molar-refractivity contribution in [3.8, 4) is 0 Å². The molecule has 0 spiro atoms. The van der Waals surface area contributed by atoms with Crippen molar-refractivity contribution in [1.29, 1.82) is 0 Å². The Bertz CT molecular complexity index is 246. The first-order valence-corrected chi connectivity index (χ1v) is 6.81. The van der Waals surface area contributed by atoms with E-state index in [1.807, 2.05) is 11.9 Å². The largest absolute Gasteiger partial charge is 0.381 e. The quantitative estimate of drug-likeness (QED) is 0.796. The average Bonchev–Trinajstić information content (AvgIpc) is 2.40. The average molecular weight is 240 g/mol. The third-order valence-corrected chi connectivity index (χ3v) is 3.81. The van der Waals surface area contributed by atoms with Gasteiger partial charge in [-0.1, -0.05) is 0 Å². The molecular weight excluding hydrogens is 216 g/mol. The molecule has 0 aromatic carbocycles. The van der Waals surface area contributed by atoms with Crippen molar-refractivity contribution < 1.29 is 9.53 Å². The van der Waals surface area contributed by atoms with E-state index in [0.717, 1.165) is 52.1 Å². The van der Waals surface area contributed by atoms with Crippen LogP contribution in [0.5, 0.6) is 0 Å². The highest BCUT2D eigenvalue weighted by molar-refractivity contribution is 5.78. The van der Waals surface area contributed by atoms with Crippen molar-refractivity contribution in [3.63, 3.8) is 0 Å². The van der Waals surface area contributed by atoms with Gasteiger partial charge in [0.15, 0.2) is 0 Å². The molecule has 98 valence electrons. The molecule has 1 amide bonds. The van der Waals surface area contributed by atoms with Gasteiger partial charge in [-0.15, -0.1) is 0 Å². The topological polar surface area (TPSA) is 41.6 Å². The zero-order valence-electron chi connectivity index (χ0n) is 10.8. The molecule has 1 unspecified atom stereocenters. The van der Waals surface area contributed by atoms with Crippen LogP contribution in [0.4, 0.5) is 0 Å². The maximum atomic E-state index is 12.2. The lowest BCUT2D eigenvalue weighted by Crippen LogP contribution is -2.43. The molecule has 2 aliphatic heterocycles. The van der Waals surface area contributed by atoms with E-state index in [9.17, 15) is 4.79 Å². The fourth-order valence-corrected chi connectivity index (χ4v) is 2.80. The molecule has 2 heterocycles. The van der Waals surface area contributed by atoms with E-state index in [1.165, 1.54) is 6.42 Å². The summed E-state index contributed by atoms with van der Waals surface area (Å²) in [6.07, 6.45) is 4.49. The van der Waals surface area contributed by atoms with Crippen molar-refractivity contribution in [3.05, 3.63) is 0 Å². The third-order valence-electron chi connectivity index (χ3n) is 3.81. The van der Waals surface area contributed by atoms with E-state index in [1.54, 1.807) is 0 Å². The minimum absolute atomic E-state index is 0.193. The van der Waals surface area contributed by atoms with Gasteiger partial charge in [0.1, 0.15) is 0 Å². The first-order chi connectivity index (χ1) is 8.27. The van der Waals surface area contributed by atoms with E-state index >= 15 is 0 Å². The first kappa shape index (κ1) is 12.8. The van der Waals surface area contributed by atoms with Crippen LogP contribution in [0.15, 0.2) is 0 Å². The smallest absolute Gasteiger partial charge is 0.226 e. The molecule has 2 saturated heterocycles. The van der Waals surface area contributed by atoms with Crippen LogP contribution in [0.25, 0.3) is 0 Å². The van der Waals surface area contributed by atoms with Gasteiger partial charge in [-0.25, -0.2) is 0 Å². The lowest BCUT2D eigenvalue weighted by Gasteiger charge is -2.31. The summed E-state index contributed by atoms with van der Waals surface area (Å²) in [5.41, 5.74) is 0. The standard InChI is InChI=1S/C13H24N2O2/c1-15(9-11-4-3-7-17-10-11)13(16)12-5-2-6-14-8-12/h11-12,14H,2-10H2,1H3/t11?,12-/m1/s1. The van der Waals surface area contributed by atoms with Gasteiger partial charge in [-0.05, 0) is 38.1 Å². The Morgan fingerprint density at radius 2 is 2.29 bits per heavy atom. The number of carbonyl (C=O) groups is 1. The van der Waals surface area contributed by atoms with Gasteiger partial charge in [-0.3, -0.25) is 4.79 Å². The van der Waals surface area contributed by atoms with Crippen molar-refractivity contribution in [2.24, 2.45) is 11.8 Å². The normalized spacial score (nSPS) is 29.9. The third kappa shape index (κ3) is 3.68. The van der Waals surface area contributed by atoms with Gasteiger partial charge in [0.2, 0.25) is 5.91 Å². The molecule has 0 radical (unpaired) electrons. The number of carbonyl (C=O) groups excluding carboxylic acids is 1. The Morgan fingerprint density at radius 1 is 1.41 bits per heavy atom. The Kier molecular flexibility index (Phi) is 4.80. The van der Waals surface area contributed by atoms with Gasteiger partial charge in [0, 0.05) is 26.7 Å². The molecule has 4 nitrogen and oxygen atoms in total. The molecule has 2 fully saturated rings. The van der Waals surface area contributed by atoms with Crippen LogP contribution in [-0.4, -0.2) is 50.7 Å². The SMILES string of the molecule is CN(CC1CCCOC1)C(=O)[C@@H]1CCCNC1. The Morgan fingerprint density at radius 3 is 2.94 bits per heavy atom. The highest BCUT2D eigenvalue weighted by Gasteiger charge is 2.25. The minimum atomic E-state index is 0.193. The molecule has 0 aromatic heterocycles. The summed E-state index contributed by atoms with van der Waals surface area (Å²) < 4.78 is 5.46. The second kappa shape index (κ2) is 6.36. The molecule has 0 saturated carbocycles. The van der Waals surface area contributed by atoms with Gasteiger partial charge < -0.3 is 15.0 Å². The number of hydrogen-bond donors (Lipinski definition) is 1. The van der Waals surface area contributed by atoms with Crippen LogP contribution >= 0.6 is 0 Å². The lowest BCUT2D eigenvalue weighted by molar-refractivity contribution is -0.135. The summed E-state index contributed by atoms with van der Waals surface area (Å²) in [4.78, 5) is 14.1. The van der Waals surface area contributed by atoms with Crippen LogP contribution in [0.2, 0.25) is 0 Å². The summed E-state index contributed by atoms with van der Waals surface area (Å²) in [6.45, 7) is 4.48. The fraction of sp³-hybridized carbons (Fsp3) is 0.923. The minimum Gasteiger partial charge on any atom is -0.381 e. The van der Waals surface area contributed by atoms with Crippen LogP contribution in [-0.2, 0) is 9.53 Å². The lowest BCUT2D eigenvalue weighted by atomic mass is 9.97. The van der Waals surface area contributed by atoms with Crippen molar-refractivity contribution in [2.45, 2.75) is 25.7 Å². The van der Waals surface area contributed by atoms with Crippen molar-refractivity contribution in [2.75, 3.05) is 39.9 Å². The number of nitrogens with one attached hydrogen (secondary N) is 1. The number of amides is 1. The monoisotopic (exact) mass is 240 g/mol. The van der Waals surface area contributed by atoms with E-state index < -0.39 is 0 Å². The Balaban J connectivity index is 1.77. The summed E-state index contributed by atoms with van der Waals surface area (Å²) in [5.74, 6) is 1.04. The predicted octanol–water partition coefficient (Wildman–Crippen LogP) is 0.871. The first-order valence-electron chi connectivity index (χ1n) is 6.81. The van der Waals surface area contributed by atoms with E-state index in [0.29, 0.717) is 11.8 Å². The zero-order chi connectivity index (χ0) is 12.1. The molecule has 0 aliphatic carbocycles. The molecule has 2 rings (SSSR count). The van der Waals surface area contributed by atoms with E-state index in [-0.39, 0.29) is 5.92 Å². The molecule has 0 bridgehead atoms. The van der Waals surface area contributed by atoms with Gasteiger partial charge in [0.25, 0.3) is 0 Å². The number of hydrogen-bond acceptors (Lipinski definition) is 3. The predicted molar refractivity (Wildman–Crippen MR) is 66.8 cm³/mol. The van der Waals surface area contributed by atoms with Gasteiger partial charge in [-0.2, -0.15) is 0 Å². The van der Waals surface area contributed by atoms with Crippen molar-refractivity contribution in [1.82, 2.24) is 10.2 Å². The Labute approximate surface area is 104 Å². The number of rotatable bonds is 3. The second-order valence-electron chi connectivity index (χ2n) is 5.35. The summed E-state index contributed by atoms with van der Waals surface area (Å²) in [6, 6.07) is 0. The highest BCUT2D eigenvalue weighted by atomic mass is 16.5. The van der Waals surface area contributed by atoms with E-state index in [2.05, 4.69) is 5.32 Å². The second-order valence-corrected chi connectivity index (χ2v) is 5.35. The highest BCUT2D eigenvalue weighted by Crippen LogP contribution is 2.17. The number of nitrogens with zero attached hydrogens (tertiary/aromatic N) is 1. The Hall–Kier alpha value is -0.610. The molecule has 2 aliphatic rings. The van der Waals surface area contributed by atoms with Crippen LogP contribution in [0.1, 0.15) is 25.7 Å². The number of piperidine rings is 1. The summed E-state index contributed by atoms with van der Waals surface area (Å²) >= 11 is 0. The summed E-state index contributed by atoms with van der Waals surface area (Å²) in [5, 5.41) is 3.30. The fourth-order valence-electron chi connectivity index (χ4n) is 2.80. The van der Waals surface area contributed by atoms with Crippen molar-refractivity contribution >= 4 is 5.91 Å². The van der Waals surface area contributed by atoms with Gasteiger partial charge in [0.05, 0.1) is 12.5 Å². The summed E-state index contributed by atoms with van der Waals surface area (Å²) in [7, 11) is 1.94. The molecule has 17 heavy (non-hydrogen) atoms. The van der Waals surface area contributed by atoms with Gasteiger partial charge >= 0.3 is 0 Å². The number of ether oxygens (including phenoxy) is 1. The molecule has 4 heteroatoms. The zero-order valence-corrected chi connectivity index (χ0v) is 10.8. The maximum Gasteiger partial charge on any atom is 0.226 e. The molecular formula is C13H24N2O2. The molecule has 1 N–H and O–H groups in total. The molecule has 2 atom stereocenters. The van der Waals surface area contributed by atoms with Crippen LogP contribution < -0.4 is 5.32 Å². The van der Waals surface area contributed by atoms with E-state index in [4.69, 9.17) is 4.74 Å².